The van der Waals surface area contributed by atoms with Crippen molar-refractivity contribution >= 4 is 38.4 Å². The Labute approximate surface area is 120 Å². The van der Waals surface area contributed by atoms with Crippen molar-refractivity contribution in [3.8, 4) is 0 Å². The Morgan fingerprint density at radius 2 is 2.15 bits per heavy atom. The molecule has 0 spiro atoms. The number of nitrogens with one attached hydrogen (secondary N) is 2. The predicted octanol–water partition coefficient (Wildman–Crippen LogP) is 0.0365. The van der Waals surface area contributed by atoms with Gasteiger partial charge in [0, 0.05) is 5.38 Å². The van der Waals surface area contributed by atoms with Crippen molar-refractivity contribution in [3.63, 3.8) is 0 Å². The Hall–Kier alpha value is -1.68. The van der Waals surface area contributed by atoms with E-state index in [1.165, 1.54) is 5.38 Å². The molecule has 20 heavy (non-hydrogen) atoms. The molecule has 1 aromatic heterocycles. The summed E-state index contributed by atoms with van der Waals surface area (Å²) < 4.78 is 24.2. The molecule has 1 amide bonds. The van der Waals surface area contributed by atoms with E-state index in [-0.39, 0.29) is 18.0 Å². The van der Waals surface area contributed by atoms with Gasteiger partial charge in [0.25, 0.3) is 0 Å². The molecule has 0 aliphatic carbocycles. The van der Waals surface area contributed by atoms with E-state index >= 15 is 0 Å². The average Bonchev–Trinajstić information content (AvgIpc) is 2.70. The summed E-state index contributed by atoms with van der Waals surface area (Å²) in [5.41, 5.74) is 0.374. The number of nitrogens with zero attached hydrogens (tertiary/aromatic N) is 1. The SMILES string of the molecule is CC[C@@H](NC(=O)Cc1csc(NS(C)(=O)=O)n1)C(=O)O. The van der Waals surface area contributed by atoms with Crippen molar-refractivity contribution in [1.29, 1.82) is 0 Å². The van der Waals surface area contributed by atoms with Gasteiger partial charge in [-0.2, -0.15) is 0 Å². The first-order chi connectivity index (χ1) is 9.21. The van der Waals surface area contributed by atoms with Gasteiger partial charge in [0.05, 0.1) is 18.4 Å². The van der Waals surface area contributed by atoms with Crippen LogP contribution in [-0.4, -0.2) is 42.7 Å². The van der Waals surface area contributed by atoms with Crippen molar-refractivity contribution in [1.82, 2.24) is 10.3 Å². The van der Waals surface area contributed by atoms with Gasteiger partial charge in [-0.05, 0) is 6.42 Å². The number of carboxylic acids is 1. The second-order valence-electron chi connectivity index (χ2n) is 4.06. The predicted molar refractivity (Wildman–Crippen MR) is 74.1 cm³/mol. The topological polar surface area (TPSA) is 125 Å². The van der Waals surface area contributed by atoms with Crippen LogP contribution in [0.1, 0.15) is 19.0 Å². The molecule has 0 unspecified atom stereocenters. The van der Waals surface area contributed by atoms with E-state index < -0.39 is 27.9 Å². The van der Waals surface area contributed by atoms with E-state index in [1.807, 2.05) is 0 Å². The Balaban J connectivity index is 2.61. The number of hydrogen-bond donors (Lipinski definition) is 3. The molecule has 8 nitrogen and oxygen atoms in total. The lowest BCUT2D eigenvalue weighted by Gasteiger charge is -2.11. The summed E-state index contributed by atoms with van der Waals surface area (Å²) in [5, 5.41) is 12.9. The number of sulfonamides is 1. The van der Waals surface area contributed by atoms with Gasteiger partial charge in [0.15, 0.2) is 5.13 Å². The Morgan fingerprint density at radius 1 is 1.50 bits per heavy atom. The van der Waals surface area contributed by atoms with Crippen molar-refractivity contribution in [3.05, 3.63) is 11.1 Å². The molecule has 10 heteroatoms. The maximum absolute atomic E-state index is 11.6. The quantitative estimate of drug-likeness (QED) is 0.651. The van der Waals surface area contributed by atoms with E-state index in [0.29, 0.717) is 5.69 Å². The molecule has 0 saturated heterocycles. The van der Waals surface area contributed by atoms with E-state index in [4.69, 9.17) is 5.11 Å². The van der Waals surface area contributed by atoms with Crippen LogP contribution in [0.4, 0.5) is 5.13 Å². The van der Waals surface area contributed by atoms with Crippen LogP contribution in [0.5, 0.6) is 0 Å². The zero-order valence-electron chi connectivity index (χ0n) is 10.9. The standard InChI is InChI=1S/C10H15N3O5S2/c1-3-7(9(15)16)12-8(14)4-6-5-19-10(11-6)13-20(2,17)18/h5,7H,3-4H2,1-2H3,(H,11,13)(H,12,14)(H,15,16)/t7-/m1/s1. The number of carboxylic acid groups (broad SMARTS) is 1. The molecular weight excluding hydrogens is 306 g/mol. The highest BCUT2D eigenvalue weighted by Gasteiger charge is 2.18. The van der Waals surface area contributed by atoms with E-state index in [2.05, 4.69) is 15.0 Å². The minimum atomic E-state index is -3.41. The highest BCUT2D eigenvalue weighted by molar-refractivity contribution is 7.92. The normalized spacial score (nSPS) is 12.7. The van der Waals surface area contributed by atoms with Gasteiger partial charge < -0.3 is 10.4 Å². The molecule has 1 heterocycles. The van der Waals surface area contributed by atoms with E-state index in [9.17, 15) is 18.0 Å². The summed E-state index contributed by atoms with van der Waals surface area (Å²) in [4.78, 5) is 26.3. The van der Waals surface area contributed by atoms with Crippen LogP contribution in [0.2, 0.25) is 0 Å². The number of thiazole rings is 1. The summed E-state index contributed by atoms with van der Waals surface area (Å²) in [5.74, 6) is -1.57. The zero-order chi connectivity index (χ0) is 15.3. The highest BCUT2D eigenvalue weighted by atomic mass is 32.2. The smallest absolute Gasteiger partial charge is 0.326 e. The largest absolute Gasteiger partial charge is 0.480 e. The van der Waals surface area contributed by atoms with Crippen LogP contribution in [-0.2, 0) is 26.0 Å². The maximum atomic E-state index is 11.6. The molecule has 1 aromatic rings. The van der Waals surface area contributed by atoms with Crippen molar-refractivity contribution < 1.29 is 23.1 Å². The molecule has 0 aliphatic heterocycles. The van der Waals surface area contributed by atoms with Gasteiger partial charge in [-0.3, -0.25) is 9.52 Å². The fourth-order valence-corrected chi connectivity index (χ4v) is 2.91. The zero-order valence-corrected chi connectivity index (χ0v) is 12.5. The van der Waals surface area contributed by atoms with Crippen molar-refractivity contribution in [2.75, 3.05) is 11.0 Å². The molecule has 0 aliphatic rings. The van der Waals surface area contributed by atoms with E-state index in [1.54, 1.807) is 6.92 Å². The maximum Gasteiger partial charge on any atom is 0.326 e. The Morgan fingerprint density at radius 3 is 2.65 bits per heavy atom. The van der Waals surface area contributed by atoms with Crippen LogP contribution >= 0.6 is 11.3 Å². The van der Waals surface area contributed by atoms with Crippen molar-refractivity contribution in [2.24, 2.45) is 0 Å². The lowest BCUT2D eigenvalue weighted by molar-refractivity contribution is -0.141. The third-order valence-electron chi connectivity index (χ3n) is 2.21. The van der Waals surface area contributed by atoms with Gasteiger partial charge in [-0.1, -0.05) is 6.92 Å². The van der Waals surface area contributed by atoms with Gasteiger partial charge in [0.1, 0.15) is 6.04 Å². The third kappa shape index (κ3) is 5.53. The average molecular weight is 321 g/mol. The molecule has 3 N–H and O–H groups in total. The van der Waals surface area contributed by atoms with Gasteiger partial charge >= 0.3 is 5.97 Å². The molecule has 0 aromatic carbocycles. The first-order valence-corrected chi connectivity index (χ1v) is 8.42. The number of anilines is 1. The summed E-state index contributed by atoms with van der Waals surface area (Å²) in [7, 11) is -3.41. The Bertz CT molecular complexity index is 596. The van der Waals surface area contributed by atoms with Crippen LogP contribution in [0, 0.1) is 0 Å². The molecule has 1 atom stereocenters. The Kier molecular flexibility index (Phi) is 5.45. The third-order valence-corrected chi connectivity index (χ3v) is 3.71. The summed E-state index contributed by atoms with van der Waals surface area (Å²) >= 11 is 1.05. The first-order valence-electron chi connectivity index (χ1n) is 5.65. The lowest BCUT2D eigenvalue weighted by atomic mass is 10.2. The summed E-state index contributed by atoms with van der Waals surface area (Å²) in [6, 6.07) is -0.935. The summed E-state index contributed by atoms with van der Waals surface area (Å²) in [6.07, 6.45) is 1.17. The van der Waals surface area contributed by atoms with Crippen molar-refractivity contribution in [2.45, 2.75) is 25.8 Å². The lowest BCUT2D eigenvalue weighted by Crippen LogP contribution is -2.41. The van der Waals surface area contributed by atoms with E-state index in [0.717, 1.165) is 17.6 Å². The van der Waals surface area contributed by atoms with Crippen LogP contribution < -0.4 is 10.0 Å². The number of hydrogen-bond acceptors (Lipinski definition) is 6. The molecule has 0 bridgehead atoms. The fourth-order valence-electron chi connectivity index (χ4n) is 1.34. The number of rotatable bonds is 7. The van der Waals surface area contributed by atoms with Gasteiger partial charge in [-0.25, -0.2) is 18.2 Å². The molecule has 0 fully saturated rings. The van der Waals surface area contributed by atoms with Gasteiger partial charge in [0.2, 0.25) is 15.9 Å². The second-order valence-corrected chi connectivity index (χ2v) is 6.67. The summed E-state index contributed by atoms with van der Waals surface area (Å²) in [6.45, 7) is 1.65. The number of aliphatic carboxylic acids is 1. The highest BCUT2D eigenvalue weighted by Crippen LogP contribution is 2.16. The fraction of sp³-hybridized carbons (Fsp3) is 0.500. The van der Waals surface area contributed by atoms with Crippen LogP contribution in [0.15, 0.2) is 5.38 Å². The monoisotopic (exact) mass is 321 g/mol. The number of amides is 1. The number of carbonyl (C=O) groups is 2. The molecule has 0 radical (unpaired) electrons. The van der Waals surface area contributed by atoms with Crippen LogP contribution in [0.3, 0.4) is 0 Å². The molecular formula is C10H15N3O5S2. The minimum absolute atomic E-state index is 0.105. The van der Waals surface area contributed by atoms with Crippen LogP contribution in [0.25, 0.3) is 0 Å². The second kappa shape index (κ2) is 6.66. The minimum Gasteiger partial charge on any atom is -0.480 e. The van der Waals surface area contributed by atoms with Gasteiger partial charge in [-0.15, -0.1) is 11.3 Å². The first kappa shape index (κ1) is 16.4. The molecule has 1 rings (SSSR count). The number of carbonyl (C=O) groups excluding carboxylic acids is 1. The number of aromatic nitrogens is 1. The molecule has 0 saturated carbocycles. The molecule has 112 valence electrons.